The number of benzene rings is 1. The first kappa shape index (κ1) is 15.5. The van der Waals surface area contributed by atoms with Crippen molar-refractivity contribution in [2.45, 2.75) is 25.9 Å². The largest absolute Gasteiger partial charge is 0.478 e. The van der Waals surface area contributed by atoms with Crippen molar-refractivity contribution in [3.8, 4) is 0 Å². The van der Waals surface area contributed by atoms with E-state index >= 15 is 0 Å². The van der Waals surface area contributed by atoms with Crippen molar-refractivity contribution in [1.29, 1.82) is 0 Å². The number of carboxylic acid groups (broad SMARTS) is 1. The number of aliphatic carboxylic acids is 1. The zero-order chi connectivity index (χ0) is 15.2. The van der Waals surface area contributed by atoms with Crippen molar-refractivity contribution in [2.24, 2.45) is 0 Å². The molecule has 0 aliphatic carbocycles. The quantitative estimate of drug-likeness (QED) is 0.848. The van der Waals surface area contributed by atoms with Gasteiger partial charge in [-0.05, 0) is 38.0 Å². The van der Waals surface area contributed by atoms with Gasteiger partial charge in [-0.15, -0.1) is 0 Å². The summed E-state index contributed by atoms with van der Waals surface area (Å²) < 4.78 is 19.6. The summed E-state index contributed by atoms with van der Waals surface area (Å²) in [6.07, 6.45) is 4.34. The molecule has 0 bridgehead atoms. The number of nitrogens with zero attached hydrogens (tertiary/aromatic N) is 1. The molecule has 0 radical (unpaired) electrons. The lowest BCUT2D eigenvalue weighted by atomic mass is 10.0. The SMILES string of the molecule is CCOC1CCN(c2cccc(F)c2/C=C/C(=O)O)CC1. The lowest BCUT2D eigenvalue weighted by Gasteiger charge is -2.34. The summed E-state index contributed by atoms with van der Waals surface area (Å²) in [6.45, 7) is 4.25. The second-order valence-corrected chi connectivity index (χ2v) is 4.99. The van der Waals surface area contributed by atoms with Crippen LogP contribution in [0.15, 0.2) is 24.3 Å². The number of hydrogen-bond acceptors (Lipinski definition) is 3. The molecule has 5 heteroatoms. The maximum absolute atomic E-state index is 14.0. The first-order valence-corrected chi connectivity index (χ1v) is 7.18. The number of halogens is 1. The highest BCUT2D eigenvalue weighted by Crippen LogP contribution is 2.28. The molecule has 1 aliphatic rings. The number of rotatable bonds is 5. The van der Waals surface area contributed by atoms with Crippen LogP contribution in [0.25, 0.3) is 6.08 Å². The molecule has 0 spiro atoms. The molecule has 21 heavy (non-hydrogen) atoms. The second-order valence-electron chi connectivity index (χ2n) is 4.99. The molecule has 0 saturated carbocycles. The van der Waals surface area contributed by atoms with Gasteiger partial charge in [-0.2, -0.15) is 0 Å². The van der Waals surface area contributed by atoms with E-state index in [2.05, 4.69) is 4.90 Å². The molecule has 1 aromatic carbocycles. The molecule has 0 unspecified atom stereocenters. The van der Waals surface area contributed by atoms with Gasteiger partial charge in [0.05, 0.1) is 6.10 Å². The smallest absolute Gasteiger partial charge is 0.328 e. The highest BCUT2D eigenvalue weighted by Gasteiger charge is 2.21. The molecule has 114 valence electrons. The molecule has 1 aromatic rings. The van der Waals surface area contributed by atoms with Crippen LogP contribution >= 0.6 is 0 Å². The van der Waals surface area contributed by atoms with E-state index in [1.807, 2.05) is 13.0 Å². The Morgan fingerprint density at radius 1 is 1.48 bits per heavy atom. The average Bonchev–Trinajstić information content (AvgIpc) is 2.47. The summed E-state index contributed by atoms with van der Waals surface area (Å²) in [7, 11) is 0. The number of anilines is 1. The fraction of sp³-hybridized carbons (Fsp3) is 0.438. The van der Waals surface area contributed by atoms with E-state index in [4.69, 9.17) is 9.84 Å². The minimum absolute atomic E-state index is 0.262. The highest BCUT2D eigenvalue weighted by atomic mass is 19.1. The summed E-state index contributed by atoms with van der Waals surface area (Å²) in [6, 6.07) is 4.82. The third-order valence-electron chi connectivity index (χ3n) is 3.61. The zero-order valence-corrected chi connectivity index (χ0v) is 12.1. The molecule has 1 aliphatic heterocycles. The Bertz CT molecular complexity index is 522. The van der Waals surface area contributed by atoms with Gasteiger partial charge in [0.25, 0.3) is 0 Å². The topological polar surface area (TPSA) is 49.8 Å². The summed E-state index contributed by atoms with van der Waals surface area (Å²) in [5.74, 6) is -1.49. The Kier molecular flexibility index (Phi) is 5.33. The van der Waals surface area contributed by atoms with Gasteiger partial charge in [-0.3, -0.25) is 0 Å². The molecule has 1 N–H and O–H groups in total. The summed E-state index contributed by atoms with van der Waals surface area (Å²) in [4.78, 5) is 12.7. The lowest BCUT2D eigenvalue weighted by Crippen LogP contribution is -2.37. The monoisotopic (exact) mass is 293 g/mol. The molecular weight excluding hydrogens is 273 g/mol. The van der Waals surface area contributed by atoms with Gasteiger partial charge < -0.3 is 14.7 Å². The van der Waals surface area contributed by atoms with E-state index in [1.54, 1.807) is 6.07 Å². The van der Waals surface area contributed by atoms with Crippen molar-refractivity contribution in [1.82, 2.24) is 0 Å². The predicted molar refractivity (Wildman–Crippen MR) is 79.9 cm³/mol. The first-order chi connectivity index (χ1) is 10.1. The van der Waals surface area contributed by atoms with Crippen molar-refractivity contribution < 1.29 is 19.0 Å². The predicted octanol–water partition coefficient (Wildman–Crippen LogP) is 2.93. The van der Waals surface area contributed by atoms with Crippen LogP contribution in [0.2, 0.25) is 0 Å². The molecule has 0 aromatic heterocycles. The van der Waals surface area contributed by atoms with Gasteiger partial charge in [-0.25, -0.2) is 9.18 Å². The van der Waals surface area contributed by atoms with Crippen LogP contribution in [-0.2, 0) is 9.53 Å². The average molecular weight is 293 g/mol. The van der Waals surface area contributed by atoms with Crippen molar-refractivity contribution in [3.05, 3.63) is 35.7 Å². The van der Waals surface area contributed by atoms with Gasteiger partial charge in [-0.1, -0.05) is 6.07 Å². The Balaban J connectivity index is 2.17. The Morgan fingerprint density at radius 3 is 2.81 bits per heavy atom. The second kappa shape index (κ2) is 7.22. The Hall–Kier alpha value is -1.88. The molecule has 1 saturated heterocycles. The first-order valence-electron chi connectivity index (χ1n) is 7.18. The van der Waals surface area contributed by atoms with Gasteiger partial charge in [0.1, 0.15) is 5.82 Å². The number of carboxylic acids is 1. The fourth-order valence-electron chi connectivity index (χ4n) is 2.62. The standard InChI is InChI=1S/C16H20FNO3/c1-2-21-12-8-10-18(11-9-12)15-5-3-4-14(17)13(15)6-7-16(19)20/h3-7,12H,2,8-11H2,1H3,(H,19,20)/b7-6+. The van der Waals surface area contributed by atoms with Crippen LogP contribution in [0.1, 0.15) is 25.3 Å². The summed E-state index contributed by atoms with van der Waals surface area (Å²) in [5, 5.41) is 8.72. The maximum Gasteiger partial charge on any atom is 0.328 e. The minimum Gasteiger partial charge on any atom is -0.478 e. The van der Waals surface area contributed by atoms with E-state index in [1.165, 1.54) is 12.1 Å². The number of carbonyl (C=O) groups is 1. The number of hydrogen-bond donors (Lipinski definition) is 1. The Labute approximate surface area is 123 Å². The van der Waals surface area contributed by atoms with Crippen LogP contribution in [0.4, 0.5) is 10.1 Å². The van der Waals surface area contributed by atoms with Gasteiger partial charge in [0.2, 0.25) is 0 Å². The zero-order valence-electron chi connectivity index (χ0n) is 12.1. The van der Waals surface area contributed by atoms with E-state index < -0.39 is 11.8 Å². The summed E-state index contributed by atoms with van der Waals surface area (Å²) >= 11 is 0. The minimum atomic E-state index is -1.08. The van der Waals surface area contributed by atoms with Crippen molar-refractivity contribution >= 4 is 17.7 Å². The number of ether oxygens (including phenoxy) is 1. The van der Waals surface area contributed by atoms with Gasteiger partial charge in [0.15, 0.2) is 0 Å². The van der Waals surface area contributed by atoms with Crippen LogP contribution in [-0.4, -0.2) is 36.9 Å². The maximum atomic E-state index is 14.0. The van der Waals surface area contributed by atoms with Crippen LogP contribution in [0, 0.1) is 5.82 Å². The highest BCUT2D eigenvalue weighted by molar-refractivity contribution is 5.87. The summed E-state index contributed by atoms with van der Waals surface area (Å²) in [5.41, 5.74) is 1.07. The number of piperidine rings is 1. The molecule has 1 fully saturated rings. The van der Waals surface area contributed by atoms with E-state index in [0.29, 0.717) is 12.2 Å². The molecule has 4 nitrogen and oxygen atoms in total. The molecular formula is C16H20FNO3. The van der Waals surface area contributed by atoms with Crippen molar-refractivity contribution in [3.63, 3.8) is 0 Å². The third-order valence-corrected chi connectivity index (χ3v) is 3.61. The van der Waals surface area contributed by atoms with Gasteiger partial charge in [0, 0.05) is 37.0 Å². The van der Waals surface area contributed by atoms with Crippen molar-refractivity contribution in [2.75, 3.05) is 24.6 Å². The van der Waals surface area contributed by atoms with E-state index in [9.17, 15) is 9.18 Å². The molecule has 0 atom stereocenters. The molecule has 0 amide bonds. The molecule has 1 heterocycles. The normalized spacial score (nSPS) is 16.6. The van der Waals surface area contributed by atoms with Crippen LogP contribution < -0.4 is 4.90 Å². The third kappa shape index (κ3) is 4.04. The fourth-order valence-corrected chi connectivity index (χ4v) is 2.62. The van der Waals surface area contributed by atoms with E-state index in [-0.39, 0.29) is 6.10 Å². The lowest BCUT2D eigenvalue weighted by molar-refractivity contribution is -0.131. The molecule has 2 rings (SSSR count). The Morgan fingerprint density at radius 2 is 2.19 bits per heavy atom. The van der Waals surface area contributed by atoms with E-state index in [0.717, 1.165) is 37.7 Å². The van der Waals surface area contributed by atoms with Crippen LogP contribution in [0.3, 0.4) is 0 Å². The van der Waals surface area contributed by atoms with Gasteiger partial charge >= 0.3 is 5.97 Å². The van der Waals surface area contributed by atoms with Crippen LogP contribution in [0.5, 0.6) is 0 Å².